The summed E-state index contributed by atoms with van der Waals surface area (Å²) in [6.07, 6.45) is -1.02. The third kappa shape index (κ3) is 3.66. The van der Waals surface area contributed by atoms with Crippen molar-refractivity contribution in [1.29, 1.82) is 0 Å². The number of benzene rings is 3. The molecule has 3 aromatic rings. The van der Waals surface area contributed by atoms with E-state index in [1.807, 2.05) is 30.3 Å². The number of methoxy groups -OCH3 is 3. The van der Waals surface area contributed by atoms with Crippen LogP contribution in [0.1, 0.15) is 11.6 Å². The molecule has 0 radical (unpaired) electrons. The Morgan fingerprint density at radius 1 is 0.829 bits per heavy atom. The predicted molar refractivity (Wildman–Crippen MR) is 130 cm³/mol. The molecule has 0 unspecified atom stereocenters. The third-order valence-electron chi connectivity index (χ3n) is 6.25. The highest BCUT2D eigenvalue weighted by Crippen LogP contribution is 2.50. The number of fused-ring (bicyclic) bond motifs is 1. The first-order chi connectivity index (χ1) is 17.0. The molecule has 0 aliphatic carbocycles. The first kappa shape index (κ1) is 23.0. The Morgan fingerprint density at radius 3 is 2.06 bits per heavy atom. The largest absolute Gasteiger partial charge is 0.493 e. The van der Waals surface area contributed by atoms with Gasteiger partial charge in [-0.25, -0.2) is 9.96 Å². The van der Waals surface area contributed by atoms with Gasteiger partial charge < -0.3 is 14.2 Å². The Hall–Kier alpha value is -3.75. The maximum absolute atomic E-state index is 13.8. The van der Waals surface area contributed by atoms with E-state index in [1.165, 1.54) is 21.3 Å². The van der Waals surface area contributed by atoms with Crippen molar-refractivity contribution in [2.75, 3.05) is 31.3 Å². The van der Waals surface area contributed by atoms with E-state index in [0.29, 0.717) is 39.2 Å². The van der Waals surface area contributed by atoms with Crippen LogP contribution in [0.5, 0.6) is 17.2 Å². The van der Waals surface area contributed by atoms with Crippen molar-refractivity contribution in [3.8, 4) is 17.2 Å². The Kier molecular flexibility index (Phi) is 6.00. The van der Waals surface area contributed by atoms with Gasteiger partial charge in [0, 0.05) is 0 Å². The summed E-state index contributed by atoms with van der Waals surface area (Å²) < 4.78 is 16.5. The van der Waals surface area contributed by atoms with Gasteiger partial charge >= 0.3 is 0 Å². The van der Waals surface area contributed by atoms with E-state index in [-0.39, 0.29) is 0 Å². The summed E-state index contributed by atoms with van der Waals surface area (Å²) in [6, 6.07) is 18.9. The van der Waals surface area contributed by atoms with Crippen LogP contribution in [0, 0.1) is 5.92 Å². The molecule has 0 bridgehead atoms. The zero-order chi connectivity index (χ0) is 24.7. The molecule has 0 aromatic heterocycles. The summed E-state index contributed by atoms with van der Waals surface area (Å²) in [4.78, 5) is 34.6. The Morgan fingerprint density at radius 2 is 1.46 bits per heavy atom. The molecule has 0 N–H and O–H groups in total. The number of amides is 2. The van der Waals surface area contributed by atoms with Crippen LogP contribution in [0.4, 0.5) is 11.4 Å². The van der Waals surface area contributed by atoms with Crippen molar-refractivity contribution in [2.24, 2.45) is 5.92 Å². The second kappa shape index (κ2) is 9.13. The lowest BCUT2D eigenvalue weighted by Crippen LogP contribution is -2.37. The van der Waals surface area contributed by atoms with Gasteiger partial charge in [-0.1, -0.05) is 41.9 Å². The predicted octanol–water partition coefficient (Wildman–Crippen LogP) is 4.42. The molecule has 8 nitrogen and oxygen atoms in total. The Labute approximate surface area is 207 Å². The number of para-hydroxylation sites is 2. The molecule has 9 heteroatoms. The van der Waals surface area contributed by atoms with E-state index in [2.05, 4.69) is 0 Å². The van der Waals surface area contributed by atoms with Crippen molar-refractivity contribution in [3.05, 3.63) is 77.3 Å². The second-order valence-electron chi connectivity index (χ2n) is 8.08. The highest BCUT2D eigenvalue weighted by atomic mass is 35.5. The summed E-state index contributed by atoms with van der Waals surface area (Å²) in [5, 5.41) is 1.91. The van der Waals surface area contributed by atoms with E-state index >= 15 is 0 Å². The minimum atomic E-state index is -1.02. The smallest absolute Gasteiger partial charge is 0.266 e. The van der Waals surface area contributed by atoms with Crippen LogP contribution in [0.15, 0.2) is 66.7 Å². The van der Waals surface area contributed by atoms with Crippen molar-refractivity contribution in [2.45, 2.75) is 12.1 Å². The van der Waals surface area contributed by atoms with E-state index in [0.717, 1.165) is 4.90 Å². The van der Waals surface area contributed by atoms with Gasteiger partial charge in [-0.05, 0) is 42.0 Å². The maximum atomic E-state index is 13.8. The quantitative estimate of drug-likeness (QED) is 0.469. The van der Waals surface area contributed by atoms with Crippen molar-refractivity contribution >= 4 is 34.8 Å². The molecule has 3 aromatic carbocycles. The molecule has 0 spiro atoms. The van der Waals surface area contributed by atoms with Crippen LogP contribution in [0.3, 0.4) is 0 Å². The fraction of sp³-hybridized carbons (Fsp3) is 0.231. The van der Waals surface area contributed by atoms with Crippen LogP contribution >= 0.6 is 11.6 Å². The number of carbonyl (C=O) groups is 2. The Bertz CT molecular complexity index is 1260. The number of hydrogen-bond acceptors (Lipinski definition) is 7. The summed E-state index contributed by atoms with van der Waals surface area (Å²) >= 11 is 6.34. The van der Waals surface area contributed by atoms with Crippen molar-refractivity contribution in [3.63, 3.8) is 0 Å². The van der Waals surface area contributed by atoms with E-state index in [1.54, 1.807) is 41.5 Å². The number of nitrogens with zero attached hydrogens (tertiary/aromatic N) is 2. The first-order valence-electron chi connectivity index (χ1n) is 10.9. The Balaban J connectivity index is 1.65. The van der Waals surface area contributed by atoms with Crippen LogP contribution in [0.25, 0.3) is 0 Å². The SMILES string of the molecule is COc1cc([C@H]2[C@H]3C(=O)N(c4ccccc4Cl)C(=O)[C@H]3ON2c2ccccc2)cc(OC)c1OC. The fourth-order valence-electron chi connectivity index (χ4n) is 4.69. The van der Waals surface area contributed by atoms with Crippen LogP contribution < -0.4 is 24.2 Å². The molecule has 2 saturated heterocycles. The molecule has 3 atom stereocenters. The monoisotopic (exact) mass is 494 g/mol. The first-order valence-corrected chi connectivity index (χ1v) is 11.3. The molecule has 0 saturated carbocycles. The standard InChI is InChI=1S/C26H23ClN2O6/c1-32-19-13-15(14-20(33-2)23(19)34-3)22-21-24(35-29(22)16-9-5-4-6-10-16)26(31)28(25(21)30)18-12-8-7-11-17(18)27/h4-14,21-22,24H,1-3H3/t21-,22+,24+/m1/s1. The van der Waals surface area contributed by atoms with Gasteiger partial charge in [0.2, 0.25) is 11.7 Å². The second-order valence-corrected chi connectivity index (χ2v) is 8.49. The van der Waals surface area contributed by atoms with Gasteiger partial charge in [-0.15, -0.1) is 0 Å². The molecule has 2 aliphatic heterocycles. The van der Waals surface area contributed by atoms with Crippen LogP contribution in [0.2, 0.25) is 5.02 Å². The number of carbonyl (C=O) groups excluding carboxylic acids is 2. The number of anilines is 2. The minimum Gasteiger partial charge on any atom is -0.493 e. The zero-order valence-corrected chi connectivity index (χ0v) is 20.1. The van der Waals surface area contributed by atoms with Crippen molar-refractivity contribution < 1.29 is 28.6 Å². The highest BCUT2D eigenvalue weighted by molar-refractivity contribution is 6.36. The molecule has 2 fully saturated rings. The normalized spacial score (nSPS) is 21.3. The van der Waals surface area contributed by atoms with Gasteiger partial charge in [-0.3, -0.25) is 14.4 Å². The fourth-order valence-corrected chi connectivity index (χ4v) is 4.92. The molecule has 2 heterocycles. The number of halogens is 1. The summed E-state index contributed by atoms with van der Waals surface area (Å²) in [5.41, 5.74) is 1.70. The van der Waals surface area contributed by atoms with E-state index in [9.17, 15) is 9.59 Å². The molecule has 2 aliphatic rings. The van der Waals surface area contributed by atoms with Crippen molar-refractivity contribution in [1.82, 2.24) is 0 Å². The maximum Gasteiger partial charge on any atom is 0.266 e. The third-order valence-corrected chi connectivity index (χ3v) is 6.57. The van der Waals surface area contributed by atoms with Gasteiger partial charge in [0.25, 0.3) is 5.91 Å². The van der Waals surface area contributed by atoms with Crippen LogP contribution in [-0.4, -0.2) is 39.2 Å². The summed E-state index contributed by atoms with van der Waals surface area (Å²) in [5.74, 6) is -0.417. The number of hydroxylamine groups is 1. The number of rotatable bonds is 6. The zero-order valence-electron chi connectivity index (χ0n) is 19.3. The molecular formula is C26H23ClN2O6. The average molecular weight is 495 g/mol. The topological polar surface area (TPSA) is 77.5 Å². The molecule has 5 rings (SSSR count). The molecule has 2 amide bonds. The lowest BCUT2D eigenvalue weighted by atomic mass is 9.90. The lowest BCUT2D eigenvalue weighted by molar-refractivity contribution is -0.126. The molecule has 180 valence electrons. The number of ether oxygens (including phenoxy) is 3. The van der Waals surface area contributed by atoms with Crippen LogP contribution in [-0.2, 0) is 14.4 Å². The average Bonchev–Trinajstić information content (AvgIpc) is 3.40. The van der Waals surface area contributed by atoms with Gasteiger partial charge in [0.1, 0.15) is 5.92 Å². The van der Waals surface area contributed by atoms with Gasteiger partial charge in [0.05, 0.1) is 43.8 Å². The summed E-state index contributed by atoms with van der Waals surface area (Å²) in [7, 11) is 4.56. The molecular weight excluding hydrogens is 472 g/mol. The number of hydrogen-bond donors (Lipinski definition) is 0. The number of imide groups is 1. The highest BCUT2D eigenvalue weighted by Gasteiger charge is 2.60. The summed E-state index contributed by atoms with van der Waals surface area (Å²) in [6.45, 7) is 0. The molecule has 35 heavy (non-hydrogen) atoms. The minimum absolute atomic E-state index is 0.304. The van der Waals surface area contributed by atoms with Gasteiger partial charge in [0.15, 0.2) is 17.6 Å². The lowest BCUT2D eigenvalue weighted by Gasteiger charge is -2.29. The van der Waals surface area contributed by atoms with Gasteiger partial charge in [-0.2, -0.15) is 0 Å². The van der Waals surface area contributed by atoms with E-state index < -0.39 is 29.9 Å². The van der Waals surface area contributed by atoms with E-state index in [4.69, 9.17) is 30.6 Å².